The Labute approximate surface area is 146 Å². The van der Waals surface area contributed by atoms with Crippen molar-refractivity contribution in [2.45, 2.75) is 13.0 Å². The van der Waals surface area contributed by atoms with Crippen molar-refractivity contribution in [1.29, 1.82) is 0 Å². The molecule has 122 valence electrons. The summed E-state index contributed by atoms with van der Waals surface area (Å²) in [5.74, 6) is 0.503. The van der Waals surface area contributed by atoms with Gasteiger partial charge in [0.2, 0.25) is 0 Å². The molecule has 0 radical (unpaired) electrons. The zero-order valence-corrected chi connectivity index (χ0v) is 14.5. The Morgan fingerprint density at radius 2 is 1.79 bits per heavy atom. The Balaban J connectivity index is 2.01. The van der Waals surface area contributed by atoms with Crippen LogP contribution in [0, 0.1) is 6.92 Å². The summed E-state index contributed by atoms with van der Waals surface area (Å²) in [5.41, 5.74) is 5.45. The second kappa shape index (κ2) is 5.67. The van der Waals surface area contributed by atoms with E-state index in [0.717, 1.165) is 11.1 Å². The summed E-state index contributed by atoms with van der Waals surface area (Å²) in [4.78, 5) is 14.8. The molecule has 24 heavy (non-hydrogen) atoms. The molecule has 1 aliphatic rings. The number of carbonyl (C=O) groups excluding carboxylic acids is 1. The predicted molar refractivity (Wildman–Crippen MR) is 97.7 cm³/mol. The summed E-state index contributed by atoms with van der Waals surface area (Å²) in [6.07, 6.45) is 0. The molecular formula is C20H19ClN2O. The van der Waals surface area contributed by atoms with E-state index in [1.54, 1.807) is 0 Å². The van der Waals surface area contributed by atoms with Crippen LogP contribution >= 0.6 is 11.6 Å². The Hall–Kier alpha value is -2.26. The van der Waals surface area contributed by atoms with Gasteiger partial charge in [0.05, 0.1) is 6.04 Å². The summed E-state index contributed by atoms with van der Waals surface area (Å²) in [6, 6.07) is 16.2. The van der Waals surface area contributed by atoms with E-state index in [2.05, 4.69) is 48.9 Å². The third-order valence-corrected chi connectivity index (χ3v) is 5.27. The van der Waals surface area contributed by atoms with Gasteiger partial charge in [-0.2, -0.15) is 0 Å². The molecule has 1 atom stereocenters. The Bertz CT molecular complexity index is 944. The lowest BCUT2D eigenvalue weighted by Crippen LogP contribution is -2.30. The van der Waals surface area contributed by atoms with Crippen molar-refractivity contribution in [3.8, 4) is 0 Å². The normalized spacial score (nSPS) is 16.9. The van der Waals surface area contributed by atoms with Crippen LogP contribution in [0.2, 0.25) is 0 Å². The molecule has 0 saturated carbocycles. The quantitative estimate of drug-likeness (QED) is 0.655. The molecule has 1 aromatic heterocycles. The van der Waals surface area contributed by atoms with Crippen molar-refractivity contribution < 1.29 is 4.79 Å². The number of para-hydroxylation sites is 1. The molecule has 4 rings (SSSR count). The van der Waals surface area contributed by atoms with E-state index in [0.29, 0.717) is 12.4 Å². The molecule has 3 aromatic rings. The van der Waals surface area contributed by atoms with Gasteiger partial charge in [-0.25, -0.2) is 0 Å². The van der Waals surface area contributed by atoms with Gasteiger partial charge in [-0.3, -0.25) is 4.79 Å². The van der Waals surface area contributed by atoms with Crippen molar-refractivity contribution in [2.24, 2.45) is 7.05 Å². The van der Waals surface area contributed by atoms with E-state index in [9.17, 15) is 4.79 Å². The number of halogens is 1. The van der Waals surface area contributed by atoms with Gasteiger partial charge in [0.1, 0.15) is 0 Å². The maximum atomic E-state index is 12.9. The zero-order valence-electron chi connectivity index (χ0n) is 13.8. The zero-order chi connectivity index (χ0) is 16.8. The minimum absolute atomic E-state index is 0.0708. The number of aromatic nitrogens is 1. The number of aryl methyl sites for hydroxylation is 1. The first-order valence-corrected chi connectivity index (χ1v) is 8.68. The standard InChI is InChI=1S/C20H19ClN2O/c1-13-18(16-9-5-6-10-17(16)22(13)2)19-14-7-3-4-8-15(14)20(24)23(19)12-11-21/h3-10,19H,11-12H2,1-2H3/t19-/m1/s1. The Kier molecular flexibility index (Phi) is 3.61. The molecule has 0 unspecified atom stereocenters. The molecule has 3 nitrogen and oxygen atoms in total. The monoisotopic (exact) mass is 338 g/mol. The van der Waals surface area contributed by atoms with Gasteiger partial charge >= 0.3 is 0 Å². The summed E-state index contributed by atoms with van der Waals surface area (Å²) in [5, 5.41) is 1.20. The van der Waals surface area contributed by atoms with Crippen molar-refractivity contribution in [3.63, 3.8) is 0 Å². The number of fused-ring (bicyclic) bond motifs is 2. The SMILES string of the molecule is Cc1c([C@H]2c3ccccc3C(=O)N2CCCl)c2ccccc2n1C. The van der Waals surface area contributed by atoms with Crippen LogP contribution < -0.4 is 0 Å². The highest BCUT2D eigenvalue weighted by Crippen LogP contribution is 2.43. The first kappa shape index (κ1) is 15.3. The van der Waals surface area contributed by atoms with E-state index in [1.807, 2.05) is 23.1 Å². The second-order valence-corrected chi connectivity index (χ2v) is 6.63. The molecule has 0 N–H and O–H groups in total. The average Bonchev–Trinajstić information content (AvgIpc) is 3.02. The molecule has 2 heterocycles. The van der Waals surface area contributed by atoms with Crippen molar-refractivity contribution in [1.82, 2.24) is 9.47 Å². The molecule has 4 heteroatoms. The molecule has 2 aromatic carbocycles. The smallest absolute Gasteiger partial charge is 0.255 e. The third-order valence-electron chi connectivity index (χ3n) is 5.11. The molecular weight excluding hydrogens is 320 g/mol. The molecule has 0 bridgehead atoms. The predicted octanol–water partition coefficient (Wildman–Crippen LogP) is 4.27. The fourth-order valence-corrected chi connectivity index (χ4v) is 4.08. The van der Waals surface area contributed by atoms with Crippen LogP contribution in [0.1, 0.15) is 33.2 Å². The minimum atomic E-state index is -0.0708. The number of nitrogens with zero attached hydrogens (tertiary/aromatic N) is 2. The van der Waals surface area contributed by atoms with Gasteiger partial charge in [-0.15, -0.1) is 11.6 Å². The molecule has 0 aliphatic carbocycles. The first-order valence-electron chi connectivity index (χ1n) is 8.15. The topological polar surface area (TPSA) is 25.2 Å². The van der Waals surface area contributed by atoms with Crippen molar-refractivity contribution in [3.05, 3.63) is 70.9 Å². The number of hydrogen-bond donors (Lipinski definition) is 0. The van der Waals surface area contributed by atoms with Crippen LogP contribution in [-0.4, -0.2) is 27.8 Å². The van der Waals surface area contributed by atoms with Gasteiger partial charge < -0.3 is 9.47 Å². The summed E-state index contributed by atoms with van der Waals surface area (Å²) in [7, 11) is 2.08. The van der Waals surface area contributed by atoms with Gasteiger partial charge in [-0.05, 0) is 24.6 Å². The van der Waals surface area contributed by atoms with Crippen LogP contribution in [0.25, 0.3) is 10.9 Å². The first-order chi connectivity index (χ1) is 11.6. The van der Waals surface area contributed by atoms with Gasteiger partial charge in [0, 0.05) is 47.2 Å². The second-order valence-electron chi connectivity index (χ2n) is 6.25. The van der Waals surface area contributed by atoms with Crippen LogP contribution in [-0.2, 0) is 7.05 Å². The van der Waals surface area contributed by atoms with E-state index in [-0.39, 0.29) is 11.9 Å². The number of amides is 1. The largest absolute Gasteiger partial charge is 0.348 e. The summed E-state index contributed by atoms with van der Waals surface area (Å²) >= 11 is 6.01. The van der Waals surface area contributed by atoms with Crippen molar-refractivity contribution >= 4 is 28.4 Å². The molecule has 1 aliphatic heterocycles. The van der Waals surface area contributed by atoms with E-state index < -0.39 is 0 Å². The highest BCUT2D eigenvalue weighted by atomic mass is 35.5. The van der Waals surface area contributed by atoms with Gasteiger partial charge in [0.15, 0.2) is 0 Å². The maximum Gasteiger partial charge on any atom is 0.255 e. The van der Waals surface area contributed by atoms with Gasteiger partial charge in [-0.1, -0.05) is 36.4 Å². The minimum Gasteiger partial charge on any atom is -0.348 e. The average molecular weight is 339 g/mol. The fourth-order valence-electron chi connectivity index (χ4n) is 3.90. The van der Waals surface area contributed by atoms with Crippen LogP contribution in [0.15, 0.2) is 48.5 Å². The summed E-state index contributed by atoms with van der Waals surface area (Å²) < 4.78 is 2.20. The Morgan fingerprint density at radius 3 is 2.58 bits per heavy atom. The number of hydrogen-bond acceptors (Lipinski definition) is 1. The molecule has 0 fully saturated rings. The lowest BCUT2D eigenvalue weighted by atomic mass is 9.95. The maximum absolute atomic E-state index is 12.9. The number of benzene rings is 2. The fraction of sp³-hybridized carbons (Fsp3) is 0.250. The van der Waals surface area contributed by atoms with Crippen molar-refractivity contribution in [2.75, 3.05) is 12.4 Å². The highest BCUT2D eigenvalue weighted by Gasteiger charge is 2.39. The van der Waals surface area contributed by atoms with E-state index in [1.165, 1.54) is 22.2 Å². The third kappa shape index (κ3) is 2.01. The lowest BCUT2D eigenvalue weighted by molar-refractivity contribution is 0.0761. The lowest BCUT2D eigenvalue weighted by Gasteiger charge is -2.25. The van der Waals surface area contributed by atoms with E-state index >= 15 is 0 Å². The molecule has 1 amide bonds. The van der Waals surface area contributed by atoms with Gasteiger partial charge in [0.25, 0.3) is 5.91 Å². The van der Waals surface area contributed by atoms with Crippen LogP contribution in [0.3, 0.4) is 0 Å². The number of rotatable bonds is 3. The van der Waals surface area contributed by atoms with Crippen LogP contribution in [0.5, 0.6) is 0 Å². The number of carbonyl (C=O) groups is 1. The van der Waals surface area contributed by atoms with Crippen LogP contribution in [0.4, 0.5) is 0 Å². The van der Waals surface area contributed by atoms with E-state index in [4.69, 9.17) is 11.6 Å². The Morgan fingerprint density at radius 1 is 1.08 bits per heavy atom. The highest BCUT2D eigenvalue weighted by molar-refractivity contribution is 6.18. The molecule has 0 spiro atoms. The summed E-state index contributed by atoms with van der Waals surface area (Å²) in [6.45, 7) is 2.67. The number of alkyl halides is 1. The molecule has 0 saturated heterocycles.